The molecule has 0 radical (unpaired) electrons. The Kier molecular flexibility index (Phi) is 4.34. The zero-order valence-electron chi connectivity index (χ0n) is 11.1. The number of esters is 1. The van der Waals surface area contributed by atoms with Crippen molar-refractivity contribution in [3.8, 4) is 0 Å². The average Bonchev–Trinajstić information content (AvgIpc) is 2.78. The number of Topliss-reactive ketones (excluding diaryl/α,β-unsaturated/α-hetero) is 1. The van der Waals surface area contributed by atoms with Crippen molar-refractivity contribution >= 4 is 17.8 Å². The van der Waals surface area contributed by atoms with Gasteiger partial charge in [-0.05, 0) is 12.5 Å². The third kappa shape index (κ3) is 3.34. The summed E-state index contributed by atoms with van der Waals surface area (Å²) in [5.41, 5.74) is 0.843. The van der Waals surface area contributed by atoms with Gasteiger partial charge in [-0.25, -0.2) is 9.59 Å². The quantitative estimate of drug-likeness (QED) is 0.779. The first-order valence-corrected chi connectivity index (χ1v) is 6.21. The lowest BCUT2D eigenvalue weighted by molar-refractivity contribution is -0.140. The van der Waals surface area contributed by atoms with E-state index in [9.17, 15) is 14.4 Å². The number of ether oxygens (including phenoxy) is 2. The molecular formula is C14H15NO5. The monoisotopic (exact) mass is 277 g/mol. The third-order valence-electron chi connectivity index (χ3n) is 2.91. The molecule has 6 nitrogen and oxygen atoms in total. The van der Waals surface area contributed by atoms with Crippen molar-refractivity contribution in [2.45, 2.75) is 26.0 Å². The molecule has 1 aliphatic heterocycles. The highest BCUT2D eigenvalue weighted by molar-refractivity contribution is 5.89. The smallest absolute Gasteiger partial charge is 0.413 e. The summed E-state index contributed by atoms with van der Waals surface area (Å²) >= 11 is 0. The fraction of sp³-hybridized carbons (Fsp3) is 0.357. The second-order valence-corrected chi connectivity index (χ2v) is 4.52. The van der Waals surface area contributed by atoms with Crippen LogP contribution in [0.25, 0.3) is 0 Å². The number of hydrogen-bond donors (Lipinski definition) is 0. The van der Waals surface area contributed by atoms with E-state index in [1.807, 2.05) is 30.3 Å². The van der Waals surface area contributed by atoms with Crippen molar-refractivity contribution in [2.24, 2.45) is 0 Å². The van der Waals surface area contributed by atoms with E-state index in [-0.39, 0.29) is 25.5 Å². The number of carbonyl (C=O) groups is 3. The Morgan fingerprint density at radius 1 is 1.35 bits per heavy atom. The van der Waals surface area contributed by atoms with E-state index in [0.717, 1.165) is 10.5 Å². The molecule has 1 fully saturated rings. The van der Waals surface area contributed by atoms with Crippen molar-refractivity contribution in [2.75, 3.05) is 6.73 Å². The van der Waals surface area contributed by atoms with Gasteiger partial charge in [0.25, 0.3) is 0 Å². The van der Waals surface area contributed by atoms with Gasteiger partial charge < -0.3 is 9.47 Å². The van der Waals surface area contributed by atoms with Gasteiger partial charge in [-0.2, -0.15) is 0 Å². The molecule has 1 atom stereocenters. The van der Waals surface area contributed by atoms with Gasteiger partial charge in [0.1, 0.15) is 18.4 Å². The van der Waals surface area contributed by atoms with Crippen LogP contribution in [0.4, 0.5) is 4.79 Å². The number of hydrogen-bond acceptors (Lipinski definition) is 5. The van der Waals surface area contributed by atoms with Gasteiger partial charge in [0, 0.05) is 6.42 Å². The van der Waals surface area contributed by atoms with Crippen molar-refractivity contribution in [1.29, 1.82) is 0 Å². The zero-order chi connectivity index (χ0) is 14.5. The molecule has 0 aromatic heterocycles. The van der Waals surface area contributed by atoms with Crippen molar-refractivity contribution in [3.63, 3.8) is 0 Å². The van der Waals surface area contributed by atoms with Gasteiger partial charge in [-0.1, -0.05) is 30.3 Å². The molecule has 106 valence electrons. The molecular weight excluding hydrogens is 262 g/mol. The van der Waals surface area contributed by atoms with Crippen LogP contribution in [0, 0.1) is 0 Å². The number of amides is 1. The Balaban J connectivity index is 1.94. The average molecular weight is 277 g/mol. The Bertz CT molecular complexity index is 514. The molecule has 0 spiro atoms. The maximum absolute atomic E-state index is 11.9. The van der Waals surface area contributed by atoms with Crippen molar-refractivity contribution < 1.29 is 23.9 Å². The number of ketones is 1. The van der Waals surface area contributed by atoms with E-state index in [2.05, 4.69) is 0 Å². The van der Waals surface area contributed by atoms with Crippen LogP contribution >= 0.6 is 0 Å². The molecule has 1 aromatic carbocycles. The highest BCUT2D eigenvalue weighted by Gasteiger charge is 2.39. The molecule has 6 heteroatoms. The van der Waals surface area contributed by atoms with Crippen LogP contribution in [-0.4, -0.2) is 35.5 Å². The number of carbonyl (C=O) groups excluding carboxylic acids is 3. The number of benzene rings is 1. The number of cyclic esters (lactones) is 1. The maximum Gasteiger partial charge on any atom is 0.413 e. The Morgan fingerprint density at radius 3 is 2.70 bits per heavy atom. The van der Waals surface area contributed by atoms with E-state index in [0.29, 0.717) is 0 Å². The second-order valence-electron chi connectivity index (χ2n) is 4.52. The molecule has 1 heterocycles. The predicted molar refractivity (Wildman–Crippen MR) is 68.5 cm³/mol. The summed E-state index contributed by atoms with van der Waals surface area (Å²) in [5, 5.41) is 0. The summed E-state index contributed by atoms with van der Waals surface area (Å²) in [7, 11) is 0. The first-order valence-electron chi connectivity index (χ1n) is 6.21. The van der Waals surface area contributed by atoms with E-state index in [4.69, 9.17) is 9.47 Å². The molecule has 1 aliphatic rings. The van der Waals surface area contributed by atoms with Gasteiger partial charge in [0.05, 0.1) is 0 Å². The molecule has 0 bridgehead atoms. The first-order chi connectivity index (χ1) is 9.58. The highest BCUT2D eigenvalue weighted by atomic mass is 16.6. The third-order valence-corrected chi connectivity index (χ3v) is 2.91. The lowest BCUT2D eigenvalue weighted by Crippen LogP contribution is -2.39. The fourth-order valence-corrected chi connectivity index (χ4v) is 1.89. The summed E-state index contributed by atoms with van der Waals surface area (Å²) in [6, 6.07) is 8.31. The molecule has 1 unspecified atom stereocenters. The first kappa shape index (κ1) is 14.0. The van der Waals surface area contributed by atoms with Crippen LogP contribution in [0.3, 0.4) is 0 Å². The van der Waals surface area contributed by atoms with E-state index in [1.165, 1.54) is 6.92 Å². The van der Waals surface area contributed by atoms with Crippen molar-refractivity contribution in [1.82, 2.24) is 4.90 Å². The molecule has 20 heavy (non-hydrogen) atoms. The van der Waals surface area contributed by atoms with E-state index >= 15 is 0 Å². The molecule has 0 saturated carbocycles. The van der Waals surface area contributed by atoms with Crippen LogP contribution in [0.15, 0.2) is 30.3 Å². The summed E-state index contributed by atoms with van der Waals surface area (Å²) in [5.74, 6) is -0.758. The molecule has 1 amide bonds. The normalized spacial score (nSPS) is 17.8. The standard InChI is InChI=1S/C14H15NO5/c1-10(16)7-12-13(17)20-9-15(12)14(18)19-8-11-5-3-2-4-6-11/h2-6,12H,7-9H2,1H3. The Morgan fingerprint density at radius 2 is 2.05 bits per heavy atom. The van der Waals surface area contributed by atoms with Gasteiger partial charge in [-0.15, -0.1) is 0 Å². The van der Waals surface area contributed by atoms with Gasteiger partial charge in [0.2, 0.25) is 0 Å². The van der Waals surface area contributed by atoms with Crippen molar-refractivity contribution in [3.05, 3.63) is 35.9 Å². The lowest BCUT2D eigenvalue weighted by atomic mass is 10.1. The Labute approximate surface area is 116 Å². The van der Waals surface area contributed by atoms with Crippen LogP contribution in [0.2, 0.25) is 0 Å². The number of rotatable bonds is 4. The van der Waals surface area contributed by atoms with Gasteiger partial charge in [-0.3, -0.25) is 9.69 Å². The molecule has 0 aliphatic carbocycles. The van der Waals surface area contributed by atoms with Crippen LogP contribution in [-0.2, 0) is 25.7 Å². The highest BCUT2D eigenvalue weighted by Crippen LogP contribution is 2.17. The summed E-state index contributed by atoms with van der Waals surface area (Å²) < 4.78 is 9.90. The predicted octanol–water partition coefficient (Wildman–Crippen LogP) is 1.49. The van der Waals surface area contributed by atoms with Crippen LogP contribution < -0.4 is 0 Å². The SMILES string of the molecule is CC(=O)CC1C(=O)OCN1C(=O)OCc1ccccc1. The summed E-state index contributed by atoms with van der Waals surface area (Å²) in [6.07, 6.45) is -0.717. The maximum atomic E-state index is 11.9. The fourth-order valence-electron chi connectivity index (χ4n) is 1.89. The second kappa shape index (κ2) is 6.18. The largest absolute Gasteiger partial charge is 0.444 e. The van der Waals surface area contributed by atoms with Crippen LogP contribution in [0.5, 0.6) is 0 Å². The summed E-state index contributed by atoms with van der Waals surface area (Å²) in [4.78, 5) is 35.6. The minimum atomic E-state index is -0.879. The van der Waals surface area contributed by atoms with Gasteiger partial charge in [0.15, 0.2) is 6.73 Å². The lowest BCUT2D eigenvalue weighted by Gasteiger charge is -2.18. The minimum absolute atomic E-state index is 0.0563. The van der Waals surface area contributed by atoms with E-state index < -0.39 is 18.1 Å². The van der Waals surface area contributed by atoms with Gasteiger partial charge >= 0.3 is 12.1 Å². The molecule has 0 N–H and O–H groups in total. The Hall–Kier alpha value is -2.37. The van der Waals surface area contributed by atoms with E-state index in [1.54, 1.807) is 0 Å². The van der Waals surface area contributed by atoms with Crippen LogP contribution in [0.1, 0.15) is 18.9 Å². The summed E-state index contributed by atoms with van der Waals surface area (Å²) in [6.45, 7) is 1.29. The molecule has 1 saturated heterocycles. The molecule has 2 rings (SSSR count). The molecule has 1 aromatic rings. The topological polar surface area (TPSA) is 72.9 Å². The number of nitrogens with zero attached hydrogens (tertiary/aromatic N) is 1. The zero-order valence-corrected chi connectivity index (χ0v) is 11.1. The minimum Gasteiger partial charge on any atom is -0.444 e.